The molecule has 0 spiro atoms. The summed E-state index contributed by atoms with van der Waals surface area (Å²) in [5.41, 5.74) is 1.16. The van der Waals surface area contributed by atoms with E-state index in [9.17, 15) is 0 Å². The van der Waals surface area contributed by atoms with Gasteiger partial charge in [-0.15, -0.1) is 0 Å². The van der Waals surface area contributed by atoms with Crippen LogP contribution < -0.4 is 4.74 Å². The number of ether oxygens (including phenoxy) is 1. The monoisotopic (exact) mass is 179 g/mol. The van der Waals surface area contributed by atoms with Crippen LogP contribution in [0.2, 0.25) is 0 Å². The average molecular weight is 179 g/mol. The number of hydrogen-bond acceptors (Lipinski definition) is 3. The number of aliphatic hydroxyl groups excluding tert-OH is 1. The van der Waals surface area contributed by atoms with Gasteiger partial charge in [0.05, 0.1) is 0 Å². The van der Waals surface area contributed by atoms with Gasteiger partial charge in [0.25, 0.3) is 0 Å². The molecule has 1 heterocycles. The maximum Gasteiger partial charge on any atom is 0.218 e. The van der Waals surface area contributed by atoms with Gasteiger partial charge in [0.2, 0.25) is 5.88 Å². The standard InChI is InChI=1S/C10H13NO2/c1-3-9-4-5-10(11-6-9)13-8(2)7-12/h4-7,12H,3H2,1-2H3/b8-7-. The first-order chi connectivity index (χ1) is 6.26. The van der Waals surface area contributed by atoms with Crippen molar-refractivity contribution in [3.05, 3.63) is 35.9 Å². The molecule has 0 aromatic carbocycles. The minimum Gasteiger partial charge on any atom is -0.512 e. The summed E-state index contributed by atoms with van der Waals surface area (Å²) in [5, 5.41) is 8.58. The van der Waals surface area contributed by atoms with Gasteiger partial charge in [-0.2, -0.15) is 0 Å². The molecule has 1 aromatic heterocycles. The Labute approximate surface area is 77.7 Å². The van der Waals surface area contributed by atoms with E-state index in [0.717, 1.165) is 18.2 Å². The molecular formula is C10H13NO2. The van der Waals surface area contributed by atoms with Crippen molar-refractivity contribution in [1.29, 1.82) is 0 Å². The summed E-state index contributed by atoms with van der Waals surface area (Å²) in [4.78, 5) is 4.06. The first-order valence-electron chi connectivity index (χ1n) is 4.20. The zero-order valence-corrected chi connectivity index (χ0v) is 7.82. The second kappa shape index (κ2) is 4.50. The molecule has 0 saturated heterocycles. The molecule has 3 nitrogen and oxygen atoms in total. The van der Waals surface area contributed by atoms with E-state index in [-0.39, 0.29) is 0 Å². The Bertz CT molecular complexity index is 290. The number of aliphatic hydroxyl groups is 1. The second-order valence-electron chi connectivity index (χ2n) is 2.70. The van der Waals surface area contributed by atoms with E-state index < -0.39 is 0 Å². The molecule has 0 amide bonds. The molecule has 1 N–H and O–H groups in total. The summed E-state index contributed by atoms with van der Waals surface area (Å²) in [5.74, 6) is 0.928. The van der Waals surface area contributed by atoms with E-state index in [0.29, 0.717) is 11.6 Å². The topological polar surface area (TPSA) is 42.4 Å². The van der Waals surface area contributed by atoms with E-state index in [1.54, 1.807) is 19.2 Å². The molecule has 0 aliphatic carbocycles. The molecular weight excluding hydrogens is 166 g/mol. The Morgan fingerprint density at radius 2 is 2.38 bits per heavy atom. The lowest BCUT2D eigenvalue weighted by Crippen LogP contribution is -1.93. The van der Waals surface area contributed by atoms with Crippen LogP contribution in [0.25, 0.3) is 0 Å². The van der Waals surface area contributed by atoms with Gasteiger partial charge in [-0.1, -0.05) is 13.0 Å². The second-order valence-corrected chi connectivity index (χ2v) is 2.70. The number of allylic oxidation sites excluding steroid dienone is 1. The number of aromatic nitrogens is 1. The number of nitrogens with zero attached hydrogens (tertiary/aromatic N) is 1. The van der Waals surface area contributed by atoms with Crippen LogP contribution in [0.3, 0.4) is 0 Å². The number of pyridine rings is 1. The van der Waals surface area contributed by atoms with Crippen molar-refractivity contribution < 1.29 is 9.84 Å². The van der Waals surface area contributed by atoms with Crippen LogP contribution in [0.4, 0.5) is 0 Å². The molecule has 1 aromatic rings. The average Bonchev–Trinajstić information content (AvgIpc) is 2.19. The van der Waals surface area contributed by atoms with E-state index in [2.05, 4.69) is 11.9 Å². The van der Waals surface area contributed by atoms with E-state index >= 15 is 0 Å². The highest BCUT2D eigenvalue weighted by Crippen LogP contribution is 2.10. The van der Waals surface area contributed by atoms with Gasteiger partial charge in [0.15, 0.2) is 0 Å². The van der Waals surface area contributed by atoms with E-state index in [1.165, 1.54) is 0 Å². The predicted octanol–water partition coefficient (Wildman–Crippen LogP) is 2.44. The highest BCUT2D eigenvalue weighted by molar-refractivity contribution is 5.18. The quantitative estimate of drug-likeness (QED) is 0.724. The zero-order valence-electron chi connectivity index (χ0n) is 7.82. The smallest absolute Gasteiger partial charge is 0.218 e. The number of rotatable bonds is 3. The van der Waals surface area contributed by atoms with Crippen LogP contribution in [0.5, 0.6) is 5.88 Å². The van der Waals surface area contributed by atoms with Crippen LogP contribution >= 0.6 is 0 Å². The van der Waals surface area contributed by atoms with Crippen LogP contribution in [-0.2, 0) is 6.42 Å². The third-order valence-corrected chi connectivity index (χ3v) is 1.65. The third-order valence-electron chi connectivity index (χ3n) is 1.65. The maximum atomic E-state index is 8.58. The van der Waals surface area contributed by atoms with Crippen molar-refractivity contribution in [3.63, 3.8) is 0 Å². The van der Waals surface area contributed by atoms with Gasteiger partial charge in [0, 0.05) is 12.3 Å². The van der Waals surface area contributed by atoms with Gasteiger partial charge in [0.1, 0.15) is 12.0 Å². The van der Waals surface area contributed by atoms with Crippen LogP contribution in [0.1, 0.15) is 19.4 Å². The van der Waals surface area contributed by atoms with Crippen molar-refractivity contribution in [3.8, 4) is 5.88 Å². The summed E-state index contributed by atoms with van der Waals surface area (Å²) < 4.78 is 5.16. The molecule has 13 heavy (non-hydrogen) atoms. The molecule has 0 unspecified atom stereocenters. The van der Waals surface area contributed by atoms with Gasteiger partial charge >= 0.3 is 0 Å². The fourth-order valence-electron chi connectivity index (χ4n) is 0.872. The zero-order chi connectivity index (χ0) is 9.68. The molecule has 0 aliphatic heterocycles. The highest BCUT2D eigenvalue weighted by atomic mass is 16.5. The predicted molar refractivity (Wildman–Crippen MR) is 50.6 cm³/mol. The van der Waals surface area contributed by atoms with Crippen LogP contribution in [-0.4, -0.2) is 10.1 Å². The summed E-state index contributed by atoms with van der Waals surface area (Å²) in [6.45, 7) is 3.73. The van der Waals surface area contributed by atoms with Crippen molar-refractivity contribution in [1.82, 2.24) is 4.98 Å². The molecule has 3 heteroatoms. The Kier molecular flexibility index (Phi) is 3.31. The van der Waals surface area contributed by atoms with Crippen molar-refractivity contribution in [2.75, 3.05) is 0 Å². The van der Waals surface area contributed by atoms with Gasteiger partial charge in [-0.3, -0.25) is 0 Å². The van der Waals surface area contributed by atoms with E-state index in [1.807, 2.05) is 6.07 Å². The lowest BCUT2D eigenvalue weighted by atomic mass is 10.2. The summed E-state index contributed by atoms with van der Waals surface area (Å²) in [7, 11) is 0. The fourth-order valence-corrected chi connectivity index (χ4v) is 0.872. The molecule has 0 bridgehead atoms. The number of hydrogen-bond donors (Lipinski definition) is 1. The van der Waals surface area contributed by atoms with Gasteiger partial charge in [-0.05, 0) is 18.9 Å². The minimum atomic E-state index is 0.428. The maximum absolute atomic E-state index is 8.58. The molecule has 0 saturated carbocycles. The minimum absolute atomic E-state index is 0.428. The SMILES string of the molecule is CCc1ccc(O/C(C)=C\O)nc1. The van der Waals surface area contributed by atoms with Crippen LogP contribution in [0, 0.1) is 0 Å². The molecule has 0 atom stereocenters. The Morgan fingerprint density at radius 3 is 2.85 bits per heavy atom. The van der Waals surface area contributed by atoms with Crippen molar-refractivity contribution in [2.45, 2.75) is 20.3 Å². The Hall–Kier alpha value is -1.51. The van der Waals surface area contributed by atoms with E-state index in [4.69, 9.17) is 9.84 Å². The first-order valence-corrected chi connectivity index (χ1v) is 4.20. The fraction of sp³-hybridized carbons (Fsp3) is 0.300. The summed E-state index contributed by atoms with van der Waals surface area (Å²) >= 11 is 0. The molecule has 0 fully saturated rings. The lowest BCUT2D eigenvalue weighted by molar-refractivity contribution is 0.365. The van der Waals surface area contributed by atoms with Crippen molar-refractivity contribution in [2.24, 2.45) is 0 Å². The molecule has 0 radical (unpaired) electrons. The largest absolute Gasteiger partial charge is 0.512 e. The normalized spacial score (nSPS) is 11.4. The summed E-state index contributed by atoms with van der Waals surface area (Å²) in [6, 6.07) is 3.73. The summed E-state index contributed by atoms with van der Waals surface area (Å²) in [6.07, 6.45) is 3.64. The van der Waals surface area contributed by atoms with Gasteiger partial charge < -0.3 is 9.84 Å². The Balaban J connectivity index is 2.69. The first kappa shape index (κ1) is 9.58. The van der Waals surface area contributed by atoms with Crippen molar-refractivity contribution >= 4 is 0 Å². The molecule has 70 valence electrons. The number of aryl methyl sites for hydroxylation is 1. The van der Waals surface area contributed by atoms with Gasteiger partial charge in [-0.25, -0.2) is 4.98 Å². The highest BCUT2D eigenvalue weighted by Gasteiger charge is 1.96. The van der Waals surface area contributed by atoms with Crippen LogP contribution in [0.15, 0.2) is 30.4 Å². The Morgan fingerprint density at radius 1 is 1.62 bits per heavy atom. The molecule has 0 aliphatic rings. The lowest BCUT2D eigenvalue weighted by Gasteiger charge is -2.03. The third kappa shape index (κ3) is 2.78. The molecule has 1 rings (SSSR count).